The standard InChI is InChI=1S/C11H10BrN3O2/c1-6-7(13)2-5-10(14-6)15-11(16)8-3-4-9(12)17-8/h2-5H,13H2,1H3,(H,14,15,16). The molecule has 88 valence electrons. The van der Waals surface area contributed by atoms with E-state index in [4.69, 9.17) is 10.2 Å². The molecule has 17 heavy (non-hydrogen) atoms. The van der Waals surface area contributed by atoms with Gasteiger partial charge in [0.15, 0.2) is 10.4 Å². The van der Waals surface area contributed by atoms with Gasteiger partial charge in [-0.3, -0.25) is 4.79 Å². The van der Waals surface area contributed by atoms with Gasteiger partial charge in [0, 0.05) is 0 Å². The Hall–Kier alpha value is -1.82. The van der Waals surface area contributed by atoms with Crippen LogP contribution in [0.4, 0.5) is 11.5 Å². The largest absolute Gasteiger partial charge is 0.444 e. The van der Waals surface area contributed by atoms with Crippen LogP contribution >= 0.6 is 15.9 Å². The number of aromatic nitrogens is 1. The molecule has 2 aromatic heterocycles. The minimum atomic E-state index is -0.354. The molecule has 0 unspecified atom stereocenters. The Morgan fingerprint density at radius 2 is 2.18 bits per heavy atom. The van der Waals surface area contributed by atoms with Crippen LogP contribution in [0, 0.1) is 6.92 Å². The number of pyridine rings is 1. The molecule has 6 heteroatoms. The van der Waals surface area contributed by atoms with Crippen LogP contribution in [0.25, 0.3) is 0 Å². The molecular formula is C11H10BrN3O2. The fraction of sp³-hybridized carbons (Fsp3) is 0.0909. The molecular weight excluding hydrogens is 286 g/mol. The van der Waals surface area contributed by atoms with Crippen molar-refractivity contribution in [2.24, 2.45) is 0 Å². The van der Waals surface area contributed by atoms with Crippen LogP contribution in [-0.4, -0.2) is 10.9 Å². The van der Waals surface area contributed by atoms with Gasteiger partial charge in [-0.05, 0) is 47.1 Å². The number of rotatable bonds is 2. The Bertz CT molecular complexity index is 566. The molecule has 0 radical (unpaired) electrons. The zero-order valence-electron chi connectivity index (χ0n) is 9.03. The lowest BCUT2D eigenvalue weighted by molar-refractivity contribution is 0.0995. The SMILES string of the molecule is Cc1nc(NC(=O)c2ccc(Br)o2)ccc1N. The molecule has 0 aliphatic rings. The van der Waals surface area contributed by atoms with Crippen LogP contribution in [0.5, 0.6) is 0 Å². The van der Waals surface area contributed by atoms with Gasteiger partial charge in [0.2, 0.25) is 0 Å². The molecule has 0 saturated carbocycles. The number of halogens is 1. The molecule has 2 heterocycles. The second-order valence-electron chi connectivity index (χ2n) is 3.43. The predicted octanol–water partition coefficient (Wildman–Crippen LogP) is 2.58. The fourth-order valence-corrected chi connectivity index (χ4v) is 1.56. The first-order chi connectivity index (χ1) is 8.06. The number of nitrogens with one attached hydrogen (secondary N) is 1. The quantitative estimate of drug-likeness (QED) is 0.892. The Morgan fingerprint density at radius 1 is 1.41 bits per heavy atom. The van der Waals surface area contributed by atoms with Gasteiger partial charge in [-0.1, -0.05) is 0 Å². The van der Waals surface area contributed by atoms with E-state index in [0.29, 0.717) is 21.9 Å². The Balaban J connectivity index is 2.15. The molecule has 0 fully saturated rings. The summed E-state index contributed by atoms with van der Waals surface area (Å²) in [7, 11) is 0. The van der Waals surface area contributed by atoms with Gasteiger partial charge in [0.05, 0.1) is 11.4 Å². The third-order valence-electron chi connectivity index (χ3n) is 2.17. The molecule has 5 nitrogen and oxygen atoms in total. The van der Waals surface area contributed by atoms with Crippen LogP contribution in [0.2, 0.25) is 0 Å². The van der Waals surface area contributed by atoms with Crippen molar-refractivity contribution in [2.75, 3.05) is 11.1 Å². The molecule has 0 bridgehead atoms. The number of carbonyl (C=O) groups is 1. The summed E-state index contributed by atoms with van der Waals surface area (Å²) in [5, 5.41) is 2.62. The lowest BCUT2D eigenvalue weighted by Crippen LogP contribution is -2.12. The van der Waals surface area contributed by atoms with E-state index in [2.05, 4.69) is 26.2 Å². The maximum Gasteiger partial charge on any atom is 0.292 e. The van der Waals surface area contributed by atoms with Crippen LogP contribution in [0.3, 0.4) is 0 Å². The molecule has 3 N–H and O–H groups in total. The first kappa shape index (κ1) is 11.7. The molecule has 0 aliphatic heterocycles. The van der Waals surface area contributed by atoms with E-state index in [1.165, 1.54) is 0 Å². The second kappa shape index (κ2) is 4.58. The van der Waals surface area contributed by atoms with Gasteiger partial charge in [-0.25, -0.2) is 4.98 Å². The second-order valence-corrected chi connectivity index (χ2v) is 4.21. The minimum Gasteiger partial charge on any atom is -0.444 e. The van der Waals surface area contributed by atoms with Gasteiger partial charge in [0.25, 0.3) is 5.91 Å². The Morgan fingerprint density at radius 3 is 2.76 bits per heavy atom. The highest BCUT2D eigenvalue weighted by Gasteiger charge is 2.11. The Labute approximate surface area is 106 Å². The number of nitrogen functional groups attached to an aromatic ring is 1. The number of nitrogens with zero attached hydrogens (tertiary/aromatic N) is 1. The highest BCUT2D eigenvalue weighted by molar-refractivity contribution is 9.10. The van der Waals surface area contributed by atoms with Gasteiger partial charge in [-0.15, -0.1) is 0 Å². The average Bonchev–Trinajstić information content (AvgIpc) is 2.70. The summed E-state index contributed by atoms with van der Waals surface area (Å²) in [6, 6.07) is 6.55. The molecule has 2 rings (SSSR count). The summed E-state index contributed by atoms with van der Waals surface area (Å²) in [4.78, 5) is 15.9. The zero-order chi connectivity index (χ0) is 12.4. The number of amides is 1. The van der Waals surface area contributed by atoms with Crippen molar-refractivity contribution >= 4 is 33.3 Å². The van der Waals surface area contributed by atoms with E-state index < -0.39 is 0 Å². The van der Waals surface area contributed by atoms with Gasteiger partial charge in [-0.2, -0.15) is 0 Å². The van der Waals surface area contributed by atoms with E-state index in [-0.39, 0.29) is 11.7 Å². The number of carbonyl (C=O) groups excluding carboxylic acids is 1. The smallest absolute Gasteiger partial charge is 0.292 e. The van der Waals surface area contributed by atoms with E-state index in [1.54, 1.807) is 31.2 Å². The monoisotopic (exact) mass is 295 g/mol. The number of anilines is 2. The third-order valence-corrected chi connectivity index (χ3v) is 2.59. The topological polar surface area (TPSA) is 81.2 Å². The summed E-state index contributed by atoms with van der Waals surface area (Å²) >= 11 is 3.13. The summed E-state index contributed by atoms with van der Waals surface area (Å²) in [5.41, 5.74) is 6.89. The highest BCUT2D eigenvalue weighted by atomic mass is 79.9. The Kier molecular flexibility index (Phi) is 3.14. The van der Waals surface area contributed by atoms with E-state index in [0.717, 1.165) is 0 Å². The maximum absolute atomic E-state index is 11.7. The van der Waals surface area contributed by atoms with Crippen molar-refractivity contribution in [2.45, 2.75) is 6.92 Å². The fourth-order valence-electron chi connectivity index (χ4n) is 1.26. The summed E-state index contributed by atoms with van der Waals surface area (Å²) in [6.45, 7) is 1.77. The molecule has 0 atom stereocenters. The van der Waals surface area contributed by atoms with Crippen LogP contribution in [0.15, 0.2) is 33.4 Å². The van der Waals surface area contributed by atoms with Crippen LogP contribution in [0.1, 0.15) is 16.2 Å². The normalized spacial score (nSPS) is 10.2. The lowest BCUT2D eigenvalue weighted by atomic mass is 10.3. The lowest BCUT2D eigenvalue weighted by Gasteiger charge is -2.04. The first-order valence-corrected chi connectivity index (χ1v) is 5.65. The molecule has 0 aromatic carbocycles. The van der Waals surface area contributed by atoms with Crippen molar-refractivity contribution in [3.63, 3.8) is 0 Å². The zero-order valence-corrected chi connectivity index (χ0v) is 10.6. The van der Waals surface area contributed by atoms with Crippen molar-refractivity contribution < 1.29 is 9.21 Å². The molecule has 2 aromatic rings. The number of hydrogen-bond acceptors (Lipinski definition) is 4. The van der Waals surface area contributed by atoms with Crippen molar-refractivity contribution in [1.82, 2.24) is 4.98 Å². The number of nitrogens with two attached hydrogens (primary N) is 1. The third kappa shape index (κ3) is 2.65. The predicted molar refractivity (Wildman–Crippen MR) is 67.7 cm³/mol. The van der Waals surface area contributed by atoms with Crippen molar-refractivity contribution in [1.29, 1.82) is 0 Å². The molecule has 0 spiro atoms. The van der Waals surface area contributed by atoms with Gasteiger partial charge >= 0.3 is 0 Å². The van der Waals surface area contributed by atoms with Crippen LogP contribution in [-0.2, 0) is 0 Å². The van der Waals surface area contributed by atoms with E-state index >= 15 is 0 Å². The number of furan rings is 1. The number of aryl methyl sites for hydroxylation is 1. The van der Waals surface area contributed by atoms with Crippen molar-refractivity contribution in [3.05, 3.63) is 40.4 Å². The molecule has 1 amide bonds. The maximum atomic E-state index is 11.7. The van der Waals surface area contributed by atoms with E-state index in [9.17, 15) is 4.79 Å². The molecule has 0 aliphatic carbocycles. The summed E-state index contributed by atoms with van der Waals surface area (Å²) in [5.74, 6) is 0.301. The average molecular weight is 296 g/mol. The van der Waals surface area contributed by atoms with Gasteiger partial charge in [0.1, 0.15) is 5.82 Å². The first-order valence-electron chi connectivity index (χ1n) is 4.86. The van der Waals surface area contributed by atoms with Crippen molar-refractivity contribution in [3.8, 4) is 0 Å². The van der Waals surface area contributed by atoms with Crippen LogP contribution < -0.4 is 11.1 Å². The summed E-state index contributed by atoms with van der Waals surface area (Å²) < 4.78 is 5.63. The minimum absolute atomic E-state index is 0.216. The van der Waals surface area contributed by atoms with E-state index in [1.807, 2.05) is 0 Å². The highest BCUT2D eigenvalue weighted by Crippen LogP contribution is 2.16. The molecule has 0 saturated heterocycles. The van der Waals surface area contributed by atoms with Gasteiger partial charge < -0.3 is 15.5 Å². The number of hydrogen-bond donors (Lipinski definition) is 2. The summed E-state index contributed by atoms with van der Waals surface area (Å²) in [6.07, 6.45) is 0.